The number of carbonyl (C=O) groups is 2. The van der Waals surface area contributed by atoms with Gasteiger partial charge in [-0.15, -0.1) is 11.8 Å². The summed E-state index contributed by atoms with van der Waals surface area (Å²) in [6.07, 6.45) is 0. The van der Waals surface area contributed by atoms with Crippen LogP contribution in [0.4, 0.5) is 11.4 Å². The first-order valence-electron chi connectivity index (χ1n) is 8.68. The third-order valence-electron chi connectivity index (χ3n) is 4.35. The fraction of sp³-hybridized carbons (Fsp3) is 0.263. The Morgan fingerprint density at radius 2 is 1.90 bits per heavy atom. The first-order valence-corrected chi connectivity index (χ1v) is 11.1. The van der Waals surface area contributed by atoms with E-state index < -0.39 is 16.0 Å². The Labute approximate surface area is 178 Å². The van der Waals surface area contributed by atoms with Crippen LogP contribution in [0, 0.1) is 0 Å². The second-order valence-electron chi connectivity index (χ2n) is 6.15. The fourth-order valence-corrected chi connectivity index (χ4v) is 4.81. The van der Waals surface area contributed by atoms with Crippen molar-refractivity contribution in [2.75, 3.05) is 43.2 Å². The molecule has 0 fully saturated rings. The Morgan fingerprint density at radius 3 is 2.57 bits per heavy atom. The van der Waals surface area contributed by atoms with Crippen molar-refractivity contribution in [3.8, 4) is 11.5 Å². The van der Waals surface area contributed by atoms with Gasteiger partial charge in [-0.3, -0.25) is 19.2 Å². The number of ether oxygens (including phenoxy) is 3. The van der Waals surface area contributed by atoms with Gasteiger partial charge in [0.15, 0.2) is 0 Å². The number of thioether (sulfide) groups is 1. The van der Waals surface area contributed by atoms with Crippen LogP contribution in [-0.2, 0) is 24.3 Å². The van der Waals surface area contributed by atoms with E-state index in [0.29, 0.717) is 22.1 Å². The van der Waals surface area contributed by atoms with Gasteiger partial charge in [-0.25, -0.2) is 8.42 Å². The smallest absolute Gasteiger partial charge is 0.325 e. The average Bonchev–Trinajstić information content (AvgIpc) is 2.74. The molecule has 0 aliphatic carbocycles. The van der Waals surface area contributed by atoms with Crippen LogP contribution in [0.15, 0.2) is 46.2 Å². The second-order valence-corrected chi connectivity index (χ2v) is 8.85. The standard InChI is InChI=1S/C19H20N2O7S2/c1-26-12-4-6-16(27-2)14(8-12)20-30(24,25)13-5-7-17-15(9-13)21(10-19(23)28-3)18(22)11-29-17/h4-9,20H,10-11H2,1-3H3. The highest BCUT2D eigenvalue weighted by atomic mass is 32.2. The minimum atomic E-state index is -4.03. The Bertz CT molecular complexity index is 1090. The van der Waals surface area contributed by atoms with Gasteiger partial charge in [-0.2, -0.15) is 0 Å². The van der Waals surface area contributed by atoms with Crippen molar-refractivity contribution in [2.24, 2.45) is 0 Å². The molecule has 11 heteroatoms. The molecule has 0 spiro atoms. The minimum Gasteiger partial charge on any atom is -0.497 e. The molecule has 1 aliphatic heterocycles. The quantitative estimate of drug-likeness (QED) is 0.636. The minimum absolute atomic E-state index is 0.0729. The number of fused-ring (bicyclic) bond motifs is 1. The predicted molar refractivity (Wildman–Crippen MR) is 112 cm³/mol. The molecule has 1 aliphatic rings. The molecule has 3 rings (SSSR count). The first kappa shape index (κ1) is 21.8. The molecule has 0 atom stereocenters. The van der Waals surface area contributed by atoms with Crippen LogP contribution in [-0.4, -0.2) is 53.9 Å². The summed E-state index contributed by atoms with van der Waals surface area (Å²) >= 11 is 1.27. The second kappa shape index (κ2) is 8.84. The van der Waals surface area contributed by atoms with E-state index >= 15 is 0 Å². The highest BCUT2D eigenvalue weighted by Crippen LogP contribution is 2.38. The van der Waals surface area contributed by atoms with E-state index in [2.05, 4.69) is 9.46 Å². The van der Waals surface area contributed by atoms with Crippen LogP contribution in [0.1, 0.15) is 0 Å². The Balaban J connectivity index is 1.98. The zero-order valence-corrected chi connectivity index (χ0v) is 18.1. The van der Waals surface area contributed by atoms with E-state index in [0.717, 1.165) is 0 Å². The maximum absolute atomic E-state index is 13.0. The number of esters is 1. The van der Waals surface area contributed by atoms with E-state index in [1.165, 1.54) is 56.2 Å². The highest BCUT2D eigenvalue weighted by Gasteiger charge is 2.29. The van der Waals surface area contributed by atoms with Gasteiger partial charge in [-0.1, -0.05) is 0 Å². The van der Waals surface area contributed by atoms with Crippen molar-refractivity contribution in [2.45, 2.75) is 9.79 Å². The summed E-state index contributed by atoms with van der Waals surface area (Å²) in [6, 6.07) is 9.12. The first-order chi connectivity index (χ1) is 14.3. The van der Waals surface area contributed by atoms with Gasteiger partial charge < -0.3 is 14.2 Å². The molecule has 0 aromatic heterocycles. The Morgan fingerprint density at radius 1 is 1.13 bits per heavy atom. The average molecular weight is 453 g/mol. The molecular weight excluding hydrogens is 432 g/mol. The summed E-state index contributed by atoms with van der Waals surface area (Å²) in [5, 5.41) is 0. The number of sulfonamides is 1. The molecule has 0 unspecified atom stereocenters. The van der Waals surface area contributed by atoms with Gasteiger partial charge in [0, 0.05) is 11.0 Å². The Hall–Kier alpha value is -2.92. The fourth-order valence-electron chi connectivity index (χ4n) is 2.81. The third-order valence-corrected chi connectivity index (χ3v) is 6.76. The molecule has 0 radical (unpaired) electrons. The van der Waals surface area contributed by atoms with Gasteiger partial charge in [0.1, 0.15) is 18.0 Å². The summed E-state index contributed by atoms with van der Waals surface area (Å²) in [4.78, 5) is 25.9. The van der Waals surface area contributed by atoms with Crippen molar-refractivity contribution in [1.82, 2.24) is 0 Å². The van der Waals surface area contributed by atoms with Gasteiger partial charge >= 0.3 is 5.97 Å². The zero-order valence-electron chi connectivity index (χ0n) is 16.5. The zero-order chi connectivity index (χ0) is 21.9. The van der Waals surface area contributed by atoms with Crippen molar-refractivity contribution in [3.05, 3.63) is 36.4 Å². The number of rotatable bonds is 7. The normalized spacial score (nSPS) is 13.4. The molecular formula is C19H20N2O7S2. The van der Waals surface area contributed by atoms with Crippen LogP contribution in [0.2, 0.25) is 0 Å². The van der Waals surface area contributed by atoms with Crippen LogP contribution in [0.5, 0.6) is 11.5 Å². The number of carbonyl (C=O) groups excluding carboxylic acids is 2. The number of hydrogen-bond donors (Lipinski definition) is 1. The van der Waals surface area contributed by atoms with Crippen LogP contribution >= 0.6 is 11.8 Å². The number of benzene rings is 2. The molecule has 1 amide bonds. The molecule has 160 valence electrons. The van der Waals surface area contributed by atoms with E-state index in [-0.39, 0.29) is 28.8 Å². The number of hydrogen-bond acceptors (Lipinski definition) is 8. The van der Waals surface area contributed by atoms with Crippen molar-refractivity contribution in [1.29, 1.82) is 0 Å². The van der Waals surface area contributed by atoms with Crippen LogP contribution < -0.4 is 19.1 Å². The summed E-state index contributed by atoms with van der Waals surface area (Å²) in [7, 11) is 0.0818. The lowest BCUT2D eigenvalue weighted by Gasteiger charge is -2.28. The maximum Gasteiger partial charge on any atom is 0.325 e. The van der Waals surface area contributed by atoms with Crippen molar-refractivity contribution in [3.63, 3.8) is 0 Å². The number of nitrogens with zero attached hydrogens (tertiary/aromatic N) is 1. The molecule has 0 saturated heterocycles. The Kier molecular flexibility index (Phi) is 6.42. The lowest BCUT2D eigenvalue weighted by Crippen LogP contribution is -2.39. The van der Waals surface area contributed by atoms with E-state index in [4.69, 9.17) is 9.47 Å². The predicted octanol–water partition coefficient (Wildman–Crippen LogP) is 2.12. The molecule has 30 heavy (non-hydrogen) atoms. The van der Waals surface area contributed by atoms with Crippen molar-refractivity contribution < 1.29 is 32.2 Å². The summed E-state index contributed by atoms with van der Waals surface area (Å²) < 4.78 is 43.5. The lowest BCUT2D eigenvalue weighted by molar-refractivity contribution is -0.139. The third kappa shape index (κ3) is 4.46. The monoisotopic (exact) mass is 452 g/mol. The molecule has 1 heterocycles. The van der Waals surface area contributed by atoms with Crippen molar-refractivity contribution >= 4 is 45.0 Å². The van der Waals surface area contributed by atoms with Crippen LogP contribution in [0.3, 0.4) is 0 Å². The summed E-state index contributed by atoms with van der Waals surface area (Å²) in [5.41, 5.74) is 0.536. The van der Waals surface area contributed by atoms with Gasteiger partial charge in [-0.05, 0) is 30.3 Å². The van der Waals surface area contributed by atoms with E-state index in [1.54, 1.807) is 18.2 Å². The summed E-state index contributed by atoms with van der Waals surface area (Å²) in [6.45, 7) is -0.302. The molecule has 0 saturated carbocycles. The number of amides is 1. The number of nitrogens with one attached hydrogen (secondary N) is 1. The SMILES string of the molecule is COC(=O)CN1C(=O)CSc2ccc(S(=O)(=O)Nc3cc(OC)ccc3OC)cc21. The molecule has 0 bridgehead atoms. The molecule has 1 N–H and O–H groups in total. The number of anilines is 2. The molecule has 2 aromatic carbocycles. The molecule has 2 aromatic rings. The van der Waals surface area contributed by atoms with Gasteiger partial charge in [0.05, 0.1) is 43.4 Å². The van der Waals surface area contributed by atoms with Gasteiger partial charge in [0.25, 0.3) is 10.0 Å². The van der Waals surface area contributed by atoms with E-state index in [1.807, 2.05) is 0 Å². The molecule has 9 nitrogen and oxygen atoms in total. The van der Waals surface area contributed by atoms with E-state index in [9.17, 15) is 18.0 Å². The van der Waals surface area contributed by atoms with Crippen LogP contribution in [0.25, 0.3) is 0 Å². The number of methoxy groups -OCH3 is 3. The lowest BCUT2D eigenvalue weighted by atomic mass is 10.2. The largest absolute Gasteiger partial charge is 0.497 e. The summed E-state index contributed by atoms with van der Waals surface area (Å²) in [5.74, 6) is -0.000770. The maximum atomic E-state index is 13.0. The topological polar surface area (TPSA) is 111 Å². The highest BCUT2D eigenvalue weighted by molar-refractivity contribution is 8.00. The van der Waals surface area contributed by atoms with Gasteiger partial charge in [0.2, 0.25) is 5.91 Å².